The first-order valence-electron chi connectivity index (χ1n) is 8.61. The molecule has 2 aromatic carbocycles. The van der Waals surface area contributed by atoms with Crippen LogP contribution in [-0.2, 0) is 5.75 Å². The average Bonchev–Trinajstić information content (AvgIpc) is 3.34. The third-order valence-electron chi connectivity index (χ3n) is 4.13. The van der Waals surface area contributed by atoms with Crippen LogP contribution in [0.5, 0.6) is 11.5 Å². The fourth-order valence-electron chi connectivity index (χ4n) is 2.59. The van der Waals surface area contributed by atoms with Crippen molar-refractivity contribution < 1.29 is 14.8 Å². The van der Waals surface area contributed by atoms with E-state index in [0.717, 1.165) is 11.1 Å². The zero-order chi connectivity index (χ0) is 21.1. The topological polar surface area (TPSA) is 133 Å². The number of hydrogen-bond donors (Lipinski definition) is 1. The van der Waals surface area contributed by atoms with Gasteiger partial charge in [-0.25, -0.2) is 0 Å². The molecule has 0 unspecified atom stereocenters. The van der Waals surface area contributed by atoms with Gasteiger partial charge >= 0.3 is 0 Å². The smallest absolute Gasteiger partial charge is 0.275 e. The summed E-state index contributed by atoms with van der Waals surface area (Å²) in [6, 6.07) is 11.2. The van der Waals surface area contributed by atoms with Crippen LogP contribution in [0, 0.1) is 10.1 Å². The highest BCUT2D eigenvalue weighted by atomic mass is 32.2. The van der Waals surface area contributed by atoms with Gasteiger partial charge in [-0.15, -0.1) is 10.2 Å². The molecule has 11 nitrogen and oxygen atoms in total. The number of phenolic OH excluding ortho intramolecular Hbond substituents is 1. The molecule has 12 heteroatoms. The molecule has 0 bridgehead atoms. The van der Waals surface area contributed by atoms with Gasteiger partial charge in [0.15, 0.2) is 11.5 Å². The molecule has 0 radical (unpaired) electrons. The highest BCUT2D eigenvalue weighted by Crippen LogP contribution is 2.26. The van der Waals surface area contributed by atoms with Crippen LogP contribution in [0.25, 0.3) is 5.78 Å². The predicted molar refractivity (Wildman–Crippen MR) is 109 cm³/mol. The van der Waals surface area contributed by atoms with Crippen LogP contribution >= 0.6 is 11.8 Å². The predicted octanol–water partition coefficient (Wildman–Crippen LogP) is 2.72. The standard InChI is InChI=1S/C18H15N7O4S/c1-29-16-8-13(4-7-15(16)26)9-19-23-11-20-24-17(23)21-22-18(24)30-10-12-2-5-14(6-3-12)25(27)28/h2-9,11,26H,10H2,1H3. The summed E-state index contributed by atoms with van der Waals surface area (Å²) in [7, 11) is 1.47. The van der Waals surface area contributed by atoms with E-state index in [-0.39, 0.29) is 11.4 Å². The number of methoxy groups -OCH3 is 1. The molecule has 4 rings (SSSR count). The first kappa shape index (κ1) is 19.4. The second-order valence-corrected chi connectivity index (χ2v) is 7.00. The van der Waals surface area contributed by atoms with Gasteiger partial charge < -0.3 is 9.84 Å². The fourth-order valence-corrected chi connectivity index (χ4v) is 3.43. The molecule has 0 aliphatic heterocycles. The molecule has 1 N–H and O–H groups in total. The molecule has 0 atom stereocenters. The molecule has 2 aromatic heterocycles. The van der Waals surface area contributed by atoms with Gasteiger partial charge in [0, 0.05) is 17.9 Å². The van der Waals surface area contributed by atoms with Gasteiger partial charge in [0.1, 0.15) is 6.33 Å². The highest BCUT2D eigenvalue weighted by molar-refractivity contribution is 7.98. The Morgan fingerprint density at radius 1 is 1.27 bits per heavy atom. The lowest BCUT2D eigenvalue weighted by Gasteiger charge is -2.03. The van der Waals surface area contributed by atoms with Crippen molar-refractivity contribution in [3.05, 3.63) is 70.0 Å². The minimum Gasteiger partial charge on any atom is -0.504 e. The van der Waals surface area contributed by atoms with E-state index in [1.165, 1.54) is 48.1 Å². The third-order valence-corrected chi connectivity index (χ3v) is 5.12. The lowest BCUT2D eigenvalue weighted by atomic mass is 10.2. The van der Waals surface area contributed by atoms with E-state index in [1.807, 2.05) is 0 Å². The monoisotopic (exact) mass is 425 g/mol. The van der Waals surface area contributed by atoms with Crippen LogP contribution in [0.1, 0.15) is 11.1 Å². The van der Waals surface area contributed by atoms with Gasteiger partial charge in [0.25, 0.3) is 11.5 Å². The number of non-ortho nitro benzene ring substituents is 1. The van der Waals surface area contributed by atoms with Gasteiger partial charge in [-0.05, 0) is 29.3 Å². The fraction of sp³-hybridized carbons (Fsp3) is 0.111. The number of rotatable bonds is 7. The summed E-state index contributed by atoms with van der Waals surface area (Å²) in [4.78, 5) is 10.3. The lowest BCUT2D eigenvalue weighted by molar-refractivity contribution is -0.384. The second kappa shape index (κ2) is 8.21. The van der Waals surface area contributed by atoms with E-state index < -0.39 is 4.92 Å². The van der Waals surface area contributed by atoms with Crippen LogP contribution < -0.4 is 4.74 Å². The van der Waals surface area contributed by atoms with Crippen LogP contribution in [0.4, 0.5) is 5.69 Å². The van der Waals surface area contributed by atoms with E-state index in [1.54, 1.807) is 35.0 Å². The number of hydrogen-bond acceptors (Lipinski definition) is 9. The molecule has 0 fully saturated rings. The van der Waals surface area contributed by atoms with Crippen molar-refractivity contribution in [3.8, 4) is 11.5 Å². The van der Waals surface area contributed by atoms with E-state index in [0.29, 0.717) is 22.4 Å². The number of nitro benzene ring substituents is 1. The molecule has 0 spiro atoms. The van der Waals surface area contributed by atoms with Crippen molar-refractivity contribution >= 4 is 29.4 Å². The maximum absolute atomic E-state index is 10.7. The Hall–Kier alpha value is -3.93. The van der Waals surface area contributed by atoms with Crippen molar-refractivity contribution in [2.24, 2.45) is 5.10 Å². The Kier molecular flexibility index (Phi) is 5.30. The van der Waals surface area contributed by atoms with Gasteiger partial charge in [-0.3, -0.25) is 10.1 Å². The number of aromatic hydroxyl groups is 1. The summed E-state index contributed by atoms with van der Waals surface area (Å²) in [5.41, 5.74) is 1.70. The Morgan fingerprint density at radius 3 is 2.80 bits per heavy atom. The number of aromatic nitrogens is 5. The Morgan fingerprint density at radius 2 is 2.07 bits per heavy atom. The average molecular weight is 425 g/mol. The first-order chi connectivity index (χ1) is 14.5. The Bertz CT molecular complexity index is 1230. The van der Waals surface area contributed by atoms with Gasteiger partial charge in [0.05, 0.1) is 18.2 Å². The zero-order valence-corrected chi connectivity index (χ0v) is 16.4. The number of phenols is 1. The number of nitro groups is 1. The van der Waals surface area contributed by atoms with E-state index in [9.17, 15) is 15.2 Å². The summed E-state index contributed by atoms with van der Waals surface area (Å²) >= 11 is 1.41. The molecule has 0 amide bonds. The molecule has 30 heavy (non-hydrogen) atoms. The van der Waals surface area contributed by atoms with Gasteiger partial charge in [0.2, 0.25) is 5.16 Å². The van der Waals surface area contributed by atoms with Crippen molar-refractivity contribution in [2.75, 3.05) is 7.11 Å². The first-order valence-corrected chi connectivity index (χ1v) is 9.60. The van der Waals surface area contributed by atoms with E-state index in [2.05, 4.69) is 20.4 Å². The molecule has 0 saturated carbocycles. The lowest BCUT2D eigenvalue weighted by Crippen LogP contribution is -1.92. The van der Waals surface area contributed by atoms with E-state index >= 15 is 0 Å². The minimum atomic E-state index is -0.430. The Balaban J connectivity index is 1.48. The molecule has 0 saturated heterocycles. The molecule has 0 aliphatic carbocycles. The van der Waals surface area contributed by atoms with Crippen LogP contribution in [0.15, 0.2) is 59.0 Å². The van der Waals surface area contributed by atoms with Crippen molar-refractivity contribution in [1.82, 2.24) is 24.5 Å². The van der Waals surface area contributed by atoms with Crippen molar-refractivity contribution in [1.29, 1.82) is 0 Å². The molecular formula is C18H15N7O4S. The number of ether oxygens (including phenoxy) is 1. The summed E-state index contributed by atoms with van der Waals surface area (Å²) in [5.74, 6) is 1.39. The summed E-state index contributed by atoms with van der Waals surface area (Å²) in [6.07, 6.45) is 3.09. The van der Waals surface area contributed by atoms with Crippen LogP contribution in [-0.4, -0.2) is 47.8 Å². The molecule has 0 aliphatic rings. The third kappa shape index (κ3) is 3.93. The molecular weight excluding hydrogens is 410 g/mol. The van der Waals surface area contributed by atoms with Crippen LogP contribution in [0.3, 0.4) is 0 Å². The summed E-state index contributed by atoms with van der Waals surface area (Å²) in [6.45, 7) is 0. The second-order valence-electron chi connectivity index (χ2n) is 6.06. The quantitative estimate of drug-likeness (QED) is 0.207. The van der Waals surface area contributed by atoms with Crippen molar-refractivity contribution in [2.45, 2.75) is 10.9 Å². The normalized spacial score (nSPS) is 11.4. The van der Waals surface area contributed by atoms with Gasteiger partial charge in [-0.1, -0.05) is 23.9 Å². The Labute approximate surface area is 173 Å². The van der Waals surface area contributed by atoms with Gasteiger partial charge in [-0.2, -0.15) is 19.4 Å². The minimum absolute atomic E-state index is 0.0480. The largest absolute Gasteiger partial charge is 0.504 e. The van der Waals surface area contributed by atoms with E-state index in [4.69, 9.17) is 4.74 Å². The summed E-state index contributed by atoms with van der Waals surface area (Å²) in [5, 5.41) is 37.8. The molecule has 2 heterocycles. The maximum atomic E-state index is 10.7. The molecule has 4 aromatic rings. The number of thioether (sulfide) groups is 1. The van der Waals surface area contributed by atoms with Crippen molar-refractivity contribution in [3.63, 3.8) is 0 Å². The highest BCUT2D eigenvalue weighted by Gasteiger charge is 2.12. The molecule has 152 valence electrons. The SMILES string of the molecule is COc1cc(C=Nn2cnn3c(SCc4ccc([N+](=O)[O-])cc4)nnc23)ccc1O. The number of nitrogens with zero attached hydrogens (tertiary/aromatic N) is 7. The maximum Gasteiger partial charge on any atom is 0.275 e. The van der Waals surface area contributed by atoms with Crippen LogP contribution in [0.2, 0.25) is 0 Å². The number of fused-ring (bicyclic) bond motifs is 1. The summed E-state index contributed by atoms with van der Waals surface area (Å²) < 4.78 is 8.12. The zero-order valence-electron chi connectivity index (χ0n) is 15.6. The number of benzene rings is 2.